The quantitative estimate of drug-likeness (QED) is 0.421. The first-order chi connectivity index (χ1) is 13.1. The summed E-state index contributed by atoms with van der Waals surface area (Å²) in [6, 6.07) is 8.35. The highest BCUT2D eigenvalue weighted by molar-refractivity contribution is 6.32. The monoisotopic (exact) mass is 415 g/mol. The highest BCUT2D eigenvalue weighted by atomic mass is 35.5. The molecule has 2 rings (SSSR count). The number of alkyl halides is 3. The van der Waals surface area contributed by atoms with E-state index < -0.39 is 41.2 Å². The van der Waals surface area contributed by atoms with E-state index in [1.165, 1.54) is 31.2 Å². The van der Waals surface area contributed by atoms with Gasteiger partial charge in [-0.05, 0) is 37.3 Å². The zero-order valence-corrected chi connectivity index (χ0v) is 15.1. The van der Waals surface area contributed by atoms with Crippen LogP contribution in [0.3, 0.4) is 0 Å². The van der Waals surface area contributed by atoms with Gasteiger partial charge in [0.15, 0.2) is 6.10 Å². The van der Waals surface area contributed by atoms with Crippen molar-refractivity contribution in [1.82, 2.24) is 0 Å². The minimum absolute atomic E-state index is 0.0441. The number of hydrogen-bond acceptors (Lipinski definition) is 3. The molecule has 2 aromatic rings. The van der Waals surface area contributed by atoms with Crippen LogP contribution in [0.2, 0.25) is 5.02 Å². The van der Waals surface area contributed by atoms with Crippen molar-refractivity contribution in [2.75, 3.05) is 5.32 Å². The fraction of sp³-hybridized carbons (Fsp3) is 0.158. The SMILES string of the molecule is CC(OC(=O)C=Cc1c(F)cccc1Cl)C(=O)Nc1ccccc1C(F)(F)F. The van der Waals surface area contributed by atoms with E-state index in [-0.39, 0.29) is 10.6 Å². The fourth-order valence-corrected chi connectivity index (χ4v) is 2.39. The van der Waals surface area contributed by atoms with Gasteiger partial charge in [-0.3, -0.25) is 4.79 Å². The first-order valence-corrected chi connectivity index (χ1v) is 8.27. The van der Waals surface area contributed by atoms with E-state index in [1.807, 2.05) is 0 Å². The number of carbonyl (C=O) groups is 2. The number of nitrogens with one attached hydrogen (secondary N) is 1. The molecule has 1 unspecified atom stereocenters. The van der Waals surface area contributed by atoms with Crippen LogP contribution in [0.4, 0.5) is 23.2 Å². The molecule has 0 saturated heterocycles. The van der Waals surface area contributed by atoms with E-state index in [1.54, 1.807) is 0 Å². The summed E-state index contributed by atoms with van der Waals surface area (Å²) in [5.41, 5.74) is -1.54. The van der Waals surface area contributed by atoms with Crippen molar-refractivity contribution >= 4 is 35.2 Å². The van der Waals surface area contributed by atoms with Crippen LogP contribution in [-0.2, 0) is 20.5 Å². The second-order valence-electron chi connectivity index (χ2n) is 5.58. The van der Waals surface area contributed by atoms with Crippen LogP contribution >= 0.6 is 11.6 Å². The Morgan fingerprint density at radius 1 is 1.14 bits per heavy atom. The average molecular weight is 416 g/mol. The van der Waals surface area contributed by atoms with Crippen LogP contribution in [-0.4, -0.2) is 18.0 Å². The number of halogens is 5. The summed E-state index contributed by atoms with van der Waals surface area (Å²) in [4.78, 5) is 23.8. The highest BCUT2D eigenvalue weighted by Crippen LogP contribution is 2.34. The lowest BCUT2D eigenvalue weighted by atomic mass is 10.1. The third-order valence-electron chi connectivity index (χ3n) is 3.54. The number of carbonyl (C=O) groups excluding carboxylic acids is 2. The van der Waals surface area contributed by atoms with Gasteiger partial charge in [-0.25, -0.2) is 9.18 Å². The molecule has 28 heavy (non-hydrogen) atoms. The Labute approximate surface area is 162 Å². The summed E-state index contributed by atoms with van der Waals surface area (Å²) in [5, 5.41) is 2.14. The van der Waals surface area contributed by atoms with Gasteiger partial charge in [-0.2, -0.15) is 13.2 Å². The highest BCUT2D eigenvalue weighted by Gasteiger charge is 2.34. The molecular formula is C19H14ClF4NO3. The number of anilines is 1. The van der Waals surface area contributed by atoms with Gasteiger partial charge >= 0.3 is 12.1 Å². The normalized spacial score (nSPS) is 12.6. The Morgan fingerprint density at radius 2 is 1.82 bits per heavy atom. The molecule has 0 radical (unpaired) electrons. The van der Waals surface area contributed by atoms with Crippen LogP contribution in [0.1, 0.15) is 18.1 Å². The first kappa shape index (κ1) is 21.4. The van der Waals surface area contributed by atoms with Crippen LogP contribution in [0, 0.1) is 5.82 Å². The molecule has 0 aliphatic carbocycles. The lowest BCUT2D eigenvalue weighted by molar-refractivity contribution is -0.148. The van der Waals surface area contributed by atoms with Crippen molar-refractivity contribution in [3.63, 3.8) is 0 Å². The molecule has 0 spiro atoms. The molecule has 1 atom stereocenters. The lowest BCUT2D eigenvalue weighted by Gasteiger charge is -2.16. The first-order valence-electron chi connectivity index (χ1n) is 7.89. The molecule has 9 heteroatoms. The number of hydrogen-bond donors (Lipinski definition) is 1. The summed E-state index contributed by atoms with van der Waals surface area (Å²) in [6.07, 6.45) is -4.12. The van der Waals surface area contributed by atoms with Gasteiger partial charge in [0.1, 0.15) is 5.82 Å². The lowest BCUT2D eigenvalue weighted by Crippen LogP contribution is -2.30. The molecule has 0 aliphatic rings. The van der Waals surface area contributed by atoms with Crippen molar-refractivity contribution in [1.29, 1.82) is 0 Å². The molecule has 0 bridgehead atoms. The van der Waals surface area contributed by atoms with Gasteiger partial charge in [0.05, 0.1) is 16.3 Å². The van der Waals surface area contributed by atoms with Gasteiger partial charge in [0.2, 0.25) is 0 Å². The van der Waals surface area contributed by atoms with E-state index in [4.69, 9.17) is 16.3 Å². The molecule has 0 aromatic heterocycles. The topological polar surface area (TPSA) is 55.4 Å². The summed E-state index contributed by atoms with van der Waals surface area (Å²) in [5.74, 6) is -2.61. The second kappa shape index (κ2) is 8.88. The third kappa shape index (κ3) is 5.56. The molecule has 148 valence electrons. The predicted octanol–water partition coefficient (Wildman–Crippen LogP) is 5.08. The molecule has 1 amide bonds. The van der Waals surface area contributed by atoms with Crippen LogP contribution < -0.4 is 5.32 Å². The summed E-state index contributed by atoms with van der Waals surface area (Å²) in [7, 11) is 0. The molecule has 4 nitrogen and oxygen atoms in total. The van der Waals surface area contributed by atoms with E-state index in [2.05, 4.69) is 5.32 Å². The maximum Gasteiger partial charge on any atom is 0.418 e. The number of rotatable bonds is 5. The van der Waals surface area contributed by atoms with Gasteiger partial charge in [-0.15, -0.1) is 0 Å². The average Bonchev–Trinajstić information content (AvgIpc) is 2.60. The standard InChI is InChI=1S/C19H14ClF4NO3/c1-11(18(27)25-16-8-3-2-5-13(16)19(22,23)24)28-17(26)10-9-12-14(20)6-4-7-15(12)21/h2-11H,1H3,(H,25,27). The number of benzene rings is 2. The maximum absolute atomic E-state index is 13.6. The Bertz CT molecular complexity index is 892. The molecular weight excluding hydrogens is 402 g/mol. The van der Waals surface area contributed by atoms with Crippen LogP contribution in [0.25, 0.3) is 6.08 Å². The van der Waals surface area contributed by atoms with E-state index in [0.29, 0.717) is 0 Å². The van der Waals surface area contributed by atoms with Gasteiger partial charge in [-0.1, -0.05) is 29.8 Å². The van der Waals surface area contributed by atoms with Crippen molar-refractivity contribution in [2.45, 2.75) is 19.2 Å². The van der Waals surface area contributed by atoms with E-state index in [9.17, 15) is 27.2 Å². The smallest absolute Gasteiger partial charge is 0.418 e. The molecule has 1 N–H and O–H groups in total. The Kier molecular flexibility index (Phi) is 6.80. The van der Waals surface area contributed by atoms with Crippen molar-refractivity contribution in [2.24, 2.45) is 0 Å². The summed E-state index contributed by atoms with van der Waals surface area (Å²) in [6.45, 7) is 1.19. The molecule has 0 aliphatic heterocycles. The van der Waals surface area contributed by atoms with Gasteiger partial charge < -0.3 is 10.1 Å². The third-order valence-corrected chi connectivity index (χ3v) is 3.87. The van der Waals surface area contributed by atoms with Crippen LogP contribution in [0.5, 0.6) is 0 Å². The number of ether oxygens (including phenoxy) is 1. The Morgan fingerprint density at radius 3 is 2.46 bits per heavy atom. The zero-order chi connectivity index (χ0) is 20.9. The van der Waals surface area contributed by atoms with Gasteiger partial charge in [0, 0.05) is 11.6 Å². The second-order valence-corrected chi connectivity index (χ2v) is 5.99. The Balaban J connectivity index is 2.03. The fourth-order valence-electron chi connectivity index (χ4n) is 2.16. The largest absolute Gasteiger partial charge is 0.449 e. The molecule has 0 fully saturated rings. The number of para-hydroxylation sites is 1. The van der Waals surface area contributed by atoms with Crippen molar-refractivity contribution in [3.05, 3.63) is 70.5 Å². The predicted molar refractivity (Wildman–Crippen MR) is 96.1 cm³/mol. The maximum atomic E-state index is 13.6. The minimum atomic E-state index is -4.66. The number of esters is 1. The van der Waals surface area contributed by atoms with Crippen molar-refractivity contribution in [3.8, 4) is 0 Å². The number of amides is 1. The molecule has 0 saturated carbocycles. The summed E-state index contributed by atoms with van der Waals surface area (Å²) >= 11 is 5.81. The van der Waals surface area contributed by atoms with Gasteiger partial charge in [0.25, 0.3) is 5.91 Å². The van der Waals surface area contributed by atoms with Crippen molar-refractivity contribution < 1.29 is 31.9 Å². The molecule has 0 heterocycles. The van der Waals surface area contributed by atoms with E-state index >= 15 is 0 Å². The zero-order valence-electron chi connectivity index (χ0n) is 14.4. The summed E-state index contributed by atoms with van der Waals surface area (Å²) < 4.78 is 57.3. The Hall–Kier alpha value is -2.87. The van der Waals surface area contributed by atoms with Crippen LogP contribution in [0.15, 0.2) is 48.5 Å². The molecule has 2 aromatic carbocycles. The van der Waals surface area contributed by atoms with E-state index in [0.717, 1.165) is 30.4 Å². The minimum Gasteiger partial charge on any atom is -0.449 e.